The summed E-state index contributed by atoms with van der Waals surface area (Å²) in [5.74, 6) is -0.245. The summed E-state index contributed by atoms with van der Waals surface area (Å²) < 4.78 is 2.22. The molecule has 0 aliphatic carbocycles. The minimum absolute atomic E-state index is 0.245. The van der Waals surface area contributed by atoms with E-state index < -0.39 is 0 Å². The van der Waals surface area contributed by atoms with Gasteiger partial charge in [0, 0.05) is 14.7 Å². The fourth-order valence-electron chi connectivity index (χ4n) is 2.71. The van der Waals surface area contributed by atoms with Crippen molar-refractivity contribution in [3.63, 3.8) is 0 Å². The third-order valence-electron chi connectivity index (χ3n) is 4.02. The number of hydrogen-bond donors (Lipinski definition) is 2. The summed E-state index contributed by atoms with van der Waals surface area (Å²) in [5.41, 5.74) is 3.27. The smallest absolute Gasteiger partial charge is 0.257 e. The maximum Gasteiger partial charge on any atom is 0.257 e. The van der Waals surface area contributed by atoms with Gasteiger partial charge < -0.3 is 5.32 Å². The minimum Gasteiger partial charge on any atom is -0.332 e. The SMILES string of the molecule is O=C(NC(=S)Nc1ccc(I)cc1-c1nc2ccccc2s1)c1ccccc1. The number of halogens is 1. The van der Waals surface area contributed by atoms with Crippen molar-refractivity contribution >= 4 is 73.1 Å². The summed E-state index contributed by atoms with van der Waals surface area (Å²) in [6.07, 6.45) is 0. The van der Waals surface area contributed by atoms with Crippen LogP contribution >= 0.6 is 46.1 Å². The highest BCUT2D eigenvalue weighted by Crippen LogP contribution is 2.35. The molecule has 7 heteroatoms. The van der Waals surface area contributed by atoms with E-state index in [1.54, 1.807) is 23.5 Å². The van der Waals surface area contributed by atoms with Gasteiger partial charge in [-0.25, -0.2) is 4.98 Å². The molecule has 0 unspecified atom stereocenters. The molecule has 4 aromatic rings. The molecule has 0 aliphatic heterocycles. The average Bonchev–Trinajstić information content (AvgIpc) is 3.14. The molecule has 0 radical (unpaired) electrons. The monoisotopic (exact) mass is 515 g/mol. The molecule has 4 rings (SSSR count). The van der Waals surface area contributed by atoms with Crippen LogP contribution in [0.2, 0.25) is 0 Å². The van der Waals surface area contributed by atoms with Crippen LogP contribution < -0.4 is 10.6 Å². The molecule has 4 nitrogen and oxygen atoms in total. The van der Waals surface area contributed by atoms with Gasteiger partial charge in [-0.3, -0.25) is 10.1 Å². The van der Waals surface area contributed by atoms with Gasteiger partial charge in [-0.05, 0) is 77.3 Å². The Morgan fingerprint density at radius 1 is 1.00 bits per heavy atom. The van der Waals surface area contributed by atoms with E-state index in [2.05, 4.69) is 45.4 Å². The van der Waals surface area contributed by atoms with Gasteiger partial charge >= 0.3 is 0 Å². The number of thiazole rings is 1. The lowest BCUT2D eigenvalue weighted by molar-refractivity contribution is 0.0977. The average molecular weight is 515 g/mol. The Bertz CT molecular complexity index is 1140. The van der Waals surface area contributed by atoms with E-state index in [9.17, 15) is 4.79 Å². The van der Waals surface area contributed by atoms with Crippen LogP contribution in [0.15, 0.2) is 72.8 Å². The van der Waals surface area contributed by atoms with Gasteiger partial charge in [-0.15, -0.1) is 11.3 Å². The summed E-state index contributed by atoms with van der Waals surface area (Å²) in [6.45, 7) is 0. The number of hydrogen-bond acceptors (Lipinski definition) is 4. The lowest BCUT2D eigenvalue weighted by Crippen LogP contribution is -2.34. The molecule has 3 aromatic carbocycles. The Morgan fingerprint density at radius 2 is 1.75 bits per heavy atom. The topological polar surface area (TPSA) is 54.0 Å². The maximum absolute atomic E-state index is 12.3. The first-order valence-electron chi connectivity index (χ1n) is 8.43. The van der Waals surface area contributed by atoms with Crippen LogP contribution in [0.1, 0.15) is 10.4 Å². The molecule has 0 bridgehead atoms. The normalized spacial score (nSPS) is 10.6. The number of nitrogens with one attached hydrogen (secondary N) is 2. The predicted molar refractivity (Wildman–Crippen MR) is 128 cm³/mol. The van der Waals surface area contributed by atoms with E-state index in [1.165, 1.54) is 0 Å². The first-order valence-corrected chi connectivity index (χ1v) is 10.7. The van der Waals surface area contributed by atoms with Gasteiger partial charge in [0.2, 0.25) is 0 Å². The van der Waals surface area contributed by atoms with Crippen LogP contribution in [0.4, 0.5) is 5.69 Å². The molecule has 0 aliphatic rings. The van der Waals surface area contributed by atoms with Crippen molar-refractivity contribution in [1.29, 1.82) is 0 Å². The number of thiocarbonyl (C=S) groups is 1. The van der Waals surface area contributed by atoms with Gasteiger partial charge in [0.15, 0.2) is 5.11 Å². The van der Waals surface area contributed by atoms with Crippen molar-refractivity contribution in [1.82, 2.24) is 10.3 Å². The first-order chi connectivity index (χ1) is 13.6. The zero-order chi connectivity index (χ0) is 19.5. The lowest BCUT2D eigenvalue weighted by Gasteiger charge is -2.13. The van der Waals surface area contributed by atoms with E-state index in [1.807, 2.05) is 48.5 Å². The number of aromatic nitrogens is 1. The fourth-order valence-corrected chi connectivity index (χ4v) is 4.40. The zero-order valence-corrected chi connectivity index (χ0v) is 18.3. The second-order valence-corrected chi connectivity index (χ2v) is 8.64. The van der Waals surface area contributed by atoms with Crippen LogP contribution in [0, 0.1) is 3.57 Å². The molecule has 0 atom stereocenters. The van der Waals surface area contributed by atoms with Crippen molar-refractivity contribution in [2.24, 2.45) is 0 Å². The Balaban J connectivity index is 1.60. The molecule has 1 heterocycles. The van der Waals surface area contributed by atoms with Crippen LogP contribution in [-0.4, -0.2) is 16.0 Å². The van der Waals surface area contributed by atoms with Gasteiger partial charge in [0.1, 0.15) is 5.01 Å². The van der Waals surface area contributed by atoms with E-state index in [-0.39, 0.29) is 11.0 Å². The Kier molecular flexibility index (Phi) is 5.65. The highest BCUT2D eigenvalue weighted by atomic mass is 127. The fraction of sp³-hybridized carbons (Fsp3) is 0. The minimum atomic E-state index is -0.245. The first kappa shape index (κ1) is 19.0. The number of nitrogens with zero attached hydrogens (tertiary/aromatic N) is 1. The van der Waals surface area contributed by atoms with Crippen molar-refractivity contribution in [3.8, 4) is 10.6 Å². The zero-order valence-electron chi connectivity index (χ0n) is 14.5. The maximum atomic E-state index is 12.3. The van der Waals surface area contributed by atoms with Crippen LogP contribution in [0.25, 0.3) is 20.8 Å². The predicted octanol–water partition coefficient (Wildman–Crippen LogP) is 5.69. The Hall–Kier alpha value is -2.36. The standard InChI is InChI=1S/C21H14IN3OS2/c22-14-10-11-16(24-21(27)25-19(26)13-6-2-1-3-7-13)15(12-14)20-23-17-8-4-5-9-18(17)28-20/h1-12H,(H2,24,25,26,27). The molecular weight excluding hydrogens is 501 g/mol. The lowest BCUT2D eigenvalue weighted by atomic mass is 10.2. The quantitative estimate of drug-likeness (QED) is 0.272. The van der Waals surface area contributed by atoms with E-state index in [0.717, 1.165) is 30.0 Å². The molecular formula is C21H14IN3OS2. The number of anilines is 1. The molecule has 138 valence electrons. The molecule has 1 amide bonds. The third-order valence-corrected chi connectivity index (χ3v) is 5.96. The summed E-state index contributed by atoms with van der Waals surface area (Å²) in [5, 5.41) is 7.02. The van der Waals surface area contributed by atoms with Gasteiger partial charge in [0.05, 0.1) is 15.9 Å². The number of fused-ring (bicyclic) bond motifs is 1. The van der Waals surface area contributed by atoms with Crippen molar-refractivity contribution < 1.29 is 4.79 Å². The molecule has 2 N–H and O–H groups in total. The van der Waals surface area contributed by atoms with E-state index in [0.29, 0.717) is 5.56 Å². The molecule has 0 spiro atoms. The molecule has 0 saturated heterocycles. The number of para-hydroxylation sites is 1. The number of benzene rings is 3. The number of amides is 1. The summed E-state index contributed by atoms with van der Waals surface area (Å²) >= 11 is 9.26. The Labute approximate surface area is 185 Å². The molecule has 28 heavy (non-hydrogen) atoms. The summed E-state index contributed by atoms with van der Waals surface area (Å²) in [6, 6.07) is 23.0. The van der Waals surface area contributed by atoms with Gasteiger partial charge in [0.25, 0.3) is 5.91 Å². The van der Waals surface area contributed by atoms with Crippen LogP contribution in [0.3, 0.4) is 0 Å². The van der Waals surface area contributed by atoms with Crippen molar-refractivity contribution in [2.75, 3.05) is 5.32 Å². The number of carbonyl (C=O) groups is 1. The second-order valence-electron chi connectivity index (χ2n) is 5.95. The van der Waals surface area contributed by atoms with Gasteiger partial charge in [-0.1, -0.05) is 30.3 Å². The van der Waals surface area contributed by atoms with E-state index in [4.69, 9.17) is 17.2 Å². The molecule has 1 aromatic heterocycles. The van der Waals surface area contributed by atoms with Crippen LogP contribution in [0.5, 0.6) is 0 Å². The Morgan fingerprint density at radius 3 is 2.54 bits per heavy atom. The van der Waals surface area contributed by atoms with Crippen LogP contribution in [-0.2, 0) is 0 Å². The molecule has 0 saturated carbocycles. The van der Waals surface area contributed by atoms with Crippen molar-refractivity contribution in [2.45, 2.75) is 0 Å². The third kappa shape index (κ3) is 4.21. The summed E-state index contributed by atoms with van der Waals surface area (Å²) in [7, 11) is 0. The second kappa shape index (κ2) is 8.34. The highest BCUT2D eigenvalue weighted by Gasteiger charge is 2.14. The molecule has 0 fully saturated rings. The summed E-state index contributed by atoms with van der Waals surface area (Å²) in [4.78, 5) is 17.1. The highest BCUT2D eigenvalue weighted by molar-refractivity contribution is 14.1. The number of carbonyl (C=O) groups excluding carboxylic acids is 1. The van der Waals surface area contributed by atoms with Gasteiger partial charge in [-0.2, -0.15) is 0 Å². The van der Waals surface area contributed by atoms with E-state index >= 15 is 0 Å². The van der Waals surface area contributed by atoms with Crippen molar-refractivity contribution in [3.05, 3.63) is 81.9 Å². The number of rotatable bonds is 3. The largest absolute Gasteiger partial charge is 0.332 e.